The number of benzene rings is 2. The highest BCUT2D eigenvalue weighted by Gasteiger charge is 2.20. The maximum absolute atomic E-state index is 12.1. The molecule has 4 rings (SSSR count). The van der Waals surface area contributed by atoms with Crippen molar-refractivity contribution in [2.24, 2.45) is 4.99 Å². The standard InChI is InChI=1S/C26H31N5O2.HI/c1-27-26(30-23-13-15-31(16-14-23)19-21-6-3-2-4-7-21)28-18-20-9-11-22(12-10-20)29-25(32)24-8-5-17-33-24;/h2-12,17,23H,13-16,18-19H2,1H3,(H,29,32)(H2,27,28,30);1H. The first-order chi connectivity index (χ1) is 16.2. The van der Waals surface area contributed by atoms with Crippen LogP contribution < -0.4 is 16.0 Å². The van der Waals surface area contributed by atoms with Crippen LogP contribution in [-0.2, 0) is 13.1 Å². The zero-order chi connectivity index (χ0) is 22.9. The fourth-order valence-corrected chi connectivity index (χ4v) is 3.96. The summed E-state index contributed by atoms with van der Waals surface area (Å²) in [7, 11) is 1.80. The van der Waals surface area contributed by atoms with E-state index >= 15 is 0 Å². The Morgan fingerprint density at radius 2 is 1.74 bits per heavy atom. The second-order valence-corrected chi connectivity index (χ2v) is 8.23. The molecule has 0 radical (unpaired) electrons. The number of hydrogen-bond donors (Lipinski definition) is 3. The number of guanidine groups is 1. The molecule has 0 bridgehead atoms. The molecule has 1 saturated heterocycles. The first-order valence-electron chi connectivity index (χ1n) is 11.4. The lowest BCUT2D eigenvalue weighted by Gasteiger charge is -2.33. The molecule has 34 heavy (non-hydrogen) atoms. The second kappa shape index (κ2) is 13.1. The van der Waals surface area contributed by atoms with E-state index in [-0.39, 0.29) is 29.9 Å². The lowest BCUT2D eigenvalue weighted by atomic mass is 10.0. The third kappa shape index (κ3) is 7.59. The minimum atomic E-state index is -0.259. The Morgan fingerprint density at radius 1 is 1.00 bits per heavy atom. The van der Waals surface area contributed by atoms with Crippen LogP contribution in [0.15, 0.2) is 82.4 Å². The monoisotopic (exact) mass is 573 g/mol. The van der Waals surface area contributed by atoms with Crippen LogP contribution >= 0.6 is 24.0 Å². The molecule has 2 aromatic carbocycles. The van der Waals surface area contributed by atoms with E-state index < -0.39 is 0 Å². The molecule has 0 spiro atoms. The van der Waals surface area contributed by atoms with Gasteiger partial charge in [-0.25, -0.2) is 0 Å². The van der Waals surface area contributed by atoms with Crippen molar-refractivity contribution >= 4 is 41.5 Å². The number of amides is 1. The van der Waals surface area contributed by atoms with Crippen LogP contribution in [0.5, 0.6) is 0 Å². The van der Waals surface area contributed by atoms with E-state index in [0.717, 1.165) is 49.7 Å². The zero-order valence-corrected chi connectivity index (χ0v) is 21.7. The largest absolute Gasteiger partial charge is 0.459 e. The van der Waals surface area contributed by atoms with Gasteiger partial charge in [0.15, 0.2) is 11.7 Å². The van der Waals surface area contributed by atoms with E-state index in [0.29, 0.717) is 18.3 Å². The number of carbonyl (C=O) groups is 1. The fraction of sp³-hybridized carbons (Fsp3) is 0.308. The van der Waals surface area contributed by atoms with Gasteiger partial charge in [0.1, 0.15) is 0 Å². The number of nitrogens with one attached hydrogen (secondary N) is 3. The number of furan rings is 1. The van der Waals surface area contributed by atoms with Gasteiger partial charge in [-0.3, -0.25) is 14.7 Å². The van der Waals surface area contributed by atoms with Crippen molar-refractivity contribution in [3.63, 3.8) is 0 Å². The molecular weight excluding hydrogens is 541 g/mol. The van der Waals surface area contributed by atoms with Gasteiger partial charge in [-0.15, -0.1) is 24.0 Å². The van der Waals surface area contributed by atoms with Crippen molar-refractivity contribution in [1.29, 1.82) is 0 Å². The topological polar surface area (TPSA) is 81.9 Å². The molecule has 7 nitrogen and oxygen atoms in total. The normalized spacial score (nSPS) is 14.8. The summed E-state index contributed by atoms with van der Waals surface area (Å²) in [4.78, 5) is 19.0. The number of hydrogen-bond acceptors (Lipinski definition) is 4. The average Bonchev–Trinajstić information content (AvgIpc) is 3.40. The Kier molecular flexibility index (Phi) is 9.96. The maximum Gasteiger partial charge on any atom is 0.291 e. The highest BCUT2D eigenvalue weighted by atomic mass is 127. The molecule has 8 heteroatoms. The summed E-state index contributed by atoms with van der Waals surface area (Å²) >= 11 is 0. The molecule has 1 aromatic heterocycles. The predicted molar refractivity (Wildman–Crippen MR) is 147 cm³/mol. The molecule has 2 heterocycles. The number of rotatable bonds is 7. The van der Waals surface area contributed by atoms with Crippen molar-refractivity contribution < 1.29 is 9.21 Å². The molecule has 0 unspecified atom stereocenters. The van der Waals surface area contributed by atoms with E-state index in [1.807, 2.05) is 24.3 Å². The molecule has 0 atom stereocenters. The van der Waals surface area contributed by atoms with Gasteiger partial charge in [0.2, 0.25) is 0 Å². The first-order valence-corrected chi connectivity index (χ1v) is 11.4. The first kappa shape index (κ1) is 25.8. The number of halogens is 1. The Bertz CT molecular complexity index is 1030. The SMILES string of the molecule is CN=C(NCc1ccc(NC(=O)c2ccco2)cc1)NC1CCN(Cc2ccccc2)CC1.I. The quantitative estimate of drug-likeness (QED) is 0.221. The molecule has 1 amide bonds. The molecule has 1 aliphatic heterocycles. The minimum Gasteiger partial charge on any atom is -0.459 e. The van der Waals surface area contributed by atoms with E-state index in [4.69, 9.17) is 4.42 Å². The van der Waals surface area contributed by atoms with Crippen LogP contribution in [-0.4, -0.2) is 42.9 Å². The molecule has 0 aliphatic carbocycles. The van der Waals surface area contributed by atoms with Crippen LogP contribution in [0.25, 0.3) is 0 Å². The lowest BCUT2D eigenvalue weighted by Crippen LogP contribution is -2.48. The summed E-state index contributed by atoms with van der Waals surface area (Å²) in [5.41, 5.74) is 3.20. The number of anilines is 1. The number of nitrogens with zero attached hydrogens (tertiary/aromatic N) is 2. The van der Waals surface area contributed by atoms with Gasteiger partial charge in [0.05, 0.1) is 6.26 Å². The van der Waals surface area contributed by atoms with Crippen molar-refractivity contribution in [2.45, 2.75) is 32.0 Å². The number of piperidine rings is 1. The predicted octanol–water partition coefficient (Wildman–Crippen LogP) is 4.48. The van der Waals surface area contributed by atoms with Crippen molar-refractivity contribution in [3.05, 3.63) is 89.9 Å². The Labute approximate surface area is 218 Å². The summed E-state index contributed by atoms with van der Waals surface area (Å²) in [6.07, 6.45) is 3.67. The van der Waals surface area contributed by atoms with Gasteiger partial charge >= 0.3 is 0 Å². The summed E-state index contributed by atoms with van der Waals surface area (Å²) < 4.78 is 5.12. The van der Waals surface area contributed by atoms with Crippen LogP contribution in [0.3, 0.4) is 0 Å². The maximum atomic E-state index is 12.1. The number of carbonyl (C=O) groups excluding carboxylic acids is 1. The molecule has 1 fully saturated rings. The Hall–Kier alpha value is -2.85. The zero-order valence-electron chi connectivity index (χ0n) is 19.4. The van der Waals surface area contributed by atoms with E-state index in [2.05, 4.69) is 56.2 Å². The van der Waals surface area contributed by atoms with E-state index in [1.165, 1.54) is 11.8 Å². The van der Waals surface area contributed by atoms with Gasteiger partial charge in [0, 0.05) is 45.0 Å². The molecular formula is C26H32IN5O2. The summed E-state index contributed by atoms with van der Waals surface area (Å²) in [6.45, 7) is 3.82. The van der Waals surface area contributed by atoms with Crippen LogP contribution in [0.4, 0.5) is 5.69 Å². The second-order valence-electron chi connectivity index (χ2n) is 8.23. The Balaban J connectivity index is 0.00000324. The molecule has 1 aliphatic rings. The summed E-state index contributed by atoms with van der Waals surface area (Å²) in [5.74, 6) is 0.846. The average molecular weight is 573 g/mol. The van der Waals surface area contributed by atoms with Gasteiger partial charge in [-0.05, 0) is 48.2 Å². The minimum absolute atomic E-state index is 0. The fourth-order valence-electron chi connectivity index (χ4n) is 3.96. The van der Waals surface area contributed by atoms with Crippen molar-refractivity contribution in [2.75, 3.05) is 25.5 Å². The van der Waals surface area contributed by atoms with Gasteiger partial charge < -0.3 is 20.4 Å². The number of likely N-dealkylation sites (tertiary alicyclic amines) is 1. The van der Waals surface area contributed by atoms with Crippen LogP contribution in [0.2, 0.25) is 0 Å². The highest BCUT2D eigenvalue weighted by Crippen LogP contribution is 2.14. The van der Waals surface area contributed by atoms with E-state index in [1.54, 1.807) is 19.2 Å². The molecule has 180 valence electrons. The van der Waals surface area contributed by atoms with Gasteiger partial charge in [-0.2, -0.15) is 0 Å². The third-order valence-electron chi connectivity index (χ3n) is 5.82. The van der Waals surface area contributed by atoms with Gasteiger partial charge in [-0.1, -0.05) is 42.5 Å². The number of aliphatic imine (C=N–C) groups is 1. The lowest BCUT2D eigenvalue weighted by molar-refractivity contribution is 0.0996. The summed E-state index contributed by atoms with van der Waals surface area (Å²) in [6, 6.07) is 22.1. The highest BCUT2D eigenvalue weighted by molar-refractivity contribution is 14.0. The van der Waals surface area contributed by atoms with Gasteiger partial charge in [0.25, 0.3) is 5.91 Å². The summed E-state index contributed by atoms with van der Waals surface area (Å²) in [5, 5.41) is 9.78. The Morgan fingerprint density at radius 3 is 2.38 bits per heavy atom. The molecule has 0 saturated carbocycles. The van der Waals surface area contributed by atoms with Crippen molar-refractivity contribution in [1.82, 2.24) is 15.5 Å². The smallest absolute Gasteiger partial charge is 0.291 e. The van der Waals surface area contributed by atoms with Crippen molar-refractivity contribution in [3.8, 4) is 0 Å². The molecule has 3 aromatic rings. The third-order valence-corrected chi connectivity index (χ3v) is 5.82. The molecule has 3 N–H and O–H groups in total. The van der Waals surface area contributed by atoms with Crippen LogP contribution in [0.1, 0.15) is 34.5 Å². The van der Waals surface area contributed by atoms with Crippen LogP contribution in [0, 0.1) is 0 Å². The van der Waals surface area contributed by atoms with E-state index in [9.17, 15) is 4.79 Å².